The Morgan fingerprint density at radius 1 is 0.545 bits per heavy atom. The highest BCUT2D eigenvalue weighted by atomic mass is 16.7. The summed E-state index contributed by atoms with van der Waals surface area (Å²) in [6.45, 7) is 2.72. The number of carbonyl (C=O) groups excluding carboxylic acids is 1. The Kier molecular flexibility index (Phi) is 35.3. The van der Waals surface area contributed by atoms with Crippen LogP contribution in [-0.2, 0) is 23.7 Å². The van der Waals surface area contributed by atoms with Crippen LogP contribution in [0, 0.1) is 0 Å². The van der Waals surface area contributed by atoms with E-state index in [4.69, 9.17) is 18.9 Å². The molecule has 0 aliphatic carbocycles. The van der Waals surface area contributed by atoms with E-state index in [-0.39, 0.29) is 18.9 Å². The minimum absolute atomic E-state index is 0.257. The number of unbranched alkanes of at least 4 members (excludes halogenated alkanes) is 20. The molecule has 1 amide bonds. The summed E-state index contributed by atoms with van der Waals surface area (Å²) in [5.74, 6) is -0.257. The number of hydrogen-bond donors (Lipinski definition) is 9. The Morgan fingerprint density at radius 3 is 1.61 bits per heavy atom. The fraction of sp³-hybridized carbons (Fsp3) is 0.827. The number of aliphatic hydroxyl groups excluding tert-OH is 8. The van der Waals surface area contributed by atoms with Crippen LogP contribution >= 0.6 is 0 Å². The Labute approximate surface area is 397 Å². The first-order valence-corrected chi connectivity index (χ1v) is 25.9. The third-order valence-electron chi connectivity index (χ3n) is 12.5. The Bertz CT molecular complexity index is 1290. The zero-order valence-corrected chi connectivity index (χ0v) is 40.7. The number of allylic oxidation sites excluding steroid dienone is 7. The van der Waals surface area contributed by atoms with Gasteiger partial charge in [0.1, 0.15) is 48.8 Å². The van der Waals surface area contributed by atoms with Crippen LogP contribution in [0.15, 0.2) is 48.6 Å². The molecule has 2 aliphatic rings. The van der Waals surface area contributed by atoms with E-state index in [9.17, 15) is 45.6 Å². The molecule has 0 spiro atoms. The first kappa shape index (κ1) is 60.1. The van der Waals surface area contributed by atoms with E-state index in [0.29, 0.717) is 12.8 Å². The molecule has 2 aliphatic heterocycles. The third kappa shape index (κ3) is 25.5. The summed E-state index contributed by atoms with van der Waals surface area (Å²) in [5.41, 5.74) is 0. The molecule has 9 N–H and O–H groups in total. The molecule has 12 atom stereocenters. The molecule has 12 unspecified atom stereocenters. The molecule has 2 heterocycles. The van der Waals surface area contributed by atoms with Gasteiger partial charge in [-0.25, -0.2) is 0 Å². The standard InChI is InChI=1S/C52H93NO13/c1-3-5-7-9-11-13-15-17-18-19-20-21-22-24-26-28-30-32-34-36-44(57)53-40(41(56)35-33-31-29-27-25-23-16-14-12-10-8-6-4-2)39-63-51-49(62)47(60)50(43(38-55)65-51)66-52-48(61)46(59)45(58)42(37-54)64-52/h11,13,17-18,25,27,33,35,40-43,45-52,54-56,58-62H,3-10,12,14-16,19-24,26,28-32,34,36-39H2,1-2H3,(H,53,57)/b13-11-,18-17-,27-25+,35-33+. The molecule has 66 heavy (non-hydrogen) atoms. The van der Waals surface area contributed by atoms with Crippen LogP contribution in [0.4, 0.5) is 0 Å². The van der Waals surface area contributed by atoms with E-state index >= 15 is 0 Å². The van der Waals surface area contributed by atoms with Gasteiger partial charge in [0.2, 0.25) is 5.91 Å². The highest BCUT2D eigenvalue weighted by Gasteiger charge is 2.51. The molecule has 14 heteroatoms. The maximum atomic E-state index is 13.2. The number of rotatable bonds is 39. The van der Waals surface area contributed by atoms with Crippen molar-refractivity contribution in [3.05, 3.63) is 48.6 Å². The summed E-state index contributed by atoms with van der Waals surface area (Å²) in [6, 6.07) is -0.933. The van der Waals surface area contributed by atoms with Crippen LogP contribution in [-0.4, -0.2) is 140 Å². The topological polar surface area (TPSA) is 228 Å². The molecular formula is C52H93NO13. The summed E-state index contributed by atoms with van der Waals surface area (Å²) in [7, 11) is 0. The lowest BCUT2D eigenvalue weighted by Gasteiger charge is -2.46. The van der Waals surface area contributed by atoms with Gasteiger partial charge in [0.05, 0.1) is 32.0 Å². The lowest BCUT2D eigenvalue weighted by molar-refractivity contribution is -0.359. The number of hydrogen-bond acceptors (Lipinski definition) is 13. The molecule has 0 aromatic carbocycles. The molecule has 2 saturated heterocycles. The molecule has 14 nitrogen and oxygen atoms in total. The van der Waals surface area contributed by atoms with Crippen LogP contribution in [0.5, 0.6) is 0 Å². The fourth-order valence-corrected chi connectivity index (χ4v) is 8.22. The molecule has 0 aromatic heterocycles. The Hall–Kier alpha value is -2.05. The van der Waals surface area contributed by atoms with Crippen LogP contribution in [0.3, 0.4) is 0 Å². The van der Waals surface area contributed by atoms with E-state index in [1.54, 1.807) is 6.08 Å². The number of nitrogens with one attached hydrogen (secondary N) is 1. The van der Waals surface area contributed by atoms with Crippen molar-refractivity contribution in [2.45, 2.75) is 254 Å². The predicted octanol–water partition coefficient (Wildman–Crippen LogP) is 6.88. The molecule has 0 aromatic rings. The molecule has 0 bridgehead atoms. The summed E-state index contributed by atoms with van der Waals surface area (Å²) >= 11 is 0. The van der Waals surface area contributed by atoms with Gasteiger partial charge >= 0.3 is 0 Å². The monoisotopic (exact) mass is 940 g/mol. The fourth-order valence-electron chi connectivity index (χ4n) is 8.22. The first-order valence-electron chi connectivity index (χ1n) is 25.9. The van der Waals surface area contributed by atoms with Gasteiger partial charge in [-0.2, -0.15) is 0 Å². The molecule has 2 rings (SSSR count). The largest absolute Gasteiger partial charge is 0.394 e. The van der Waals surface area contributed by atoms with E-state index in [1.807, 2.05) is 6.08 Å². The highest BCUT2D eigenvalue weighted by Crippen LogP contribution is 2.30. The lowest BCUT2D eigenvalue weighted by atomic mass is 9.97. The van der Waals surface area contributed by atoms with Crippen molar-refractivity contribution in [3.63, 3.8) is 0 Å². The smallest absolute Gasteiger partial charge is 0.220 e. The Balaban J connectivity index is 1.84. The molecule has 0 radical (unpaired) electrons. The van der Waals surface area contributed by atoms with Gasteiger partial charge in [0.15, 0.2) is 12.6 Å². The van der Waals surface area contributed by atoms with E-state index in [1.165, 1.54) is 103 Å². The second-order valence-corrected chi connectivity index (χ2v) is 18.3. The minimum Gasteiger partial charge on any atom is -0.394 e. The summed E-state index contributed by atoms with van der Waals surface area (Å²) in [5, 5.41) is 86.7. The van der Waals surface area contributed by atoms with Crippen molar-refractivity contribution in [1.82, 2.24) is 5.32 Å². The van der Waals surface area contributed by atoms with Gasteiger partial charge < -0.3 is 65.1 Å². The van der Waals surface area contributed by atoms with Crippen LogP contribution < -0.4 is 5.32 Å². The van der Waals surface area contributed by atoms with Gasteiger partial charge in [-0.15, -0.1) is 0 Å². The van der Waals surface area contributed by atoms with Crippen molar-refractivity contribution in [3.8, 4) is 0 Å². The Morgan fingerprint density at radius 2 is 1.02 bits per heavy atom. The van der Waals surface area contributed by atoms with E-state index in [0.717, 1.165) is 44.9 Å². The summed E-state index contributed by atoms with van der Waals surface area (Å²) < 4.78 is 22.7. The number of carbonyl (C=O) groups is 1. The zero-order valence-electron chi connectivity index (χ0n) is 40.7. The molecule has 384 valence electrons. The van der Waals surface area contributed by atoms with Crippen LogP contribution in [0.2, 0.25) is 0 Å². The first-order chi connectivity index (χ1) is 32.1. The number of aliphatic hydroxyl groups is 8. The van der Waals surface area contributed by atoms with Gasteiger partial charge in [0.25, 0.3) is 0 Å². The van der Waals surface area contributed by atoms with Crippen LogP contribution in [0.1, 0.15) is 181 Å². The molecule has 0 saturated carbocycles. The zero-order chi connectivity index (χ0) is 48.2. The summed E-state index contributed by atoms with van der Waals surface area (Å²) in [4.78, 5) is 13.2. The average molecular weight is 940 g/mol. The van der Waals surface area contributed by atoms with Gasteiger partial charge in [-0.3, -0.25) is 4.79 Å². The molecule has 2 fully saturated rings. The van der Waals surface area contributed by atoms with Crippen molar-refractivity contribution in [2.24, 2.45) is 0 Å². The number of ether oxygens (including phenoxy) is 4. The lowest BCUT2D eigenvalue weighted by Crippen LogP contribution is -2.65. The average Bonchev–Trinajstić information content (AvgIpc) is 3.31. The van der Waals surface area contributed by atoms with Crippen molar-refractivity contribution in [1.29, 1.82) is 0 Å². The quantitative estimate of drug-likeness (QED) is 0.0227. The maximum Gasteiger partial charge on any atom is 0.220 e. The predicted molar refractivity (Wildman–Crippen MR) is 258 cm³/mol. The maximum absolute atomic E-state index is 13.2. The normalized spacial score (nSPS) is 27.2. The van der Waals surface area contributed by atoms with Crippen LogP contribution in [0.25, 0.3) is 0 Å². The highest BCUT2D eigenvalue weighted by molar-refractivity contribution is 5.76. The second-order valence-electron chi connectivity index (χ2n) is 18.3. The SMILES string of the molecule is CCCCC/C=C\C/C=C\CCCCCCCCCCCC(=O)NC(COC1OC(CO)C(OC2OC(CO)C(O)C(O)C2O)C(O)C1O)C(O)/C=C/CC/C=C/CCCCCCCCC. The van der Waals surface area contributed by atoms with Gasteiger partial charge in [-0.1, -0.05) is 159 Å². The van der Waals surface area contributed by atoms with Gasteiger partial charge in [-0.05, 0) is 64.2 Å². The van der Waals surface area contributed by atoms with Gasteiger partial charge in [0, 0.05) is 6.42 Å². The van der Waals surface area contributed by atoms with Crippen molar-refractivity contribution < 1.29 is 64.6 Å². The summed E-state index contributed by atoms with van der Waals surface area (Å²) in [6.07, 6.45) is 28.6. The van der Waals surface area contributed by atoms with Crippen molar-refractivity contribution in [2.75, 3.05) is 19.8 Å². The third-order valence-corrected chi connectivity index (χ3v) is 12.5. The number of amides is 1. The molecular weight excluding hydrogens is 847 g/mol. The minimum atomic E-state index is -1.79. The van der Waals surface area contributed by atoms with E-state index in [2.05, 4.69) is 55.6 Å². The van der Waals surface area contributed by atoms with E-state index < -0.39 is 86.8 Å². The second kappa shape index (κ2) is 38.8. The van der Waals surface area contributed by atoms with Crippen molar-refractivity contribution >= 4 is 5.91 Å².